The molecule has 0 bridgehead atoms. The van der Waals surface area contributed by atoms with Gasteiger partial charge in [-0.1, -0.05) is 0 Å². The Hall–Kier alpha value is -1.61. The summed E-state index contributed by atoms with van der Waals surface area (Å²) >= 11 is 3.48. The third-order valence-corrected chi connectivity index (χ3v) is 3.09. The average molecular weight is 310 g/mol. The second kappa shape index (κ2) is 8.48. The van der Waals surface area contributed by atoms with Crippen molar-refractivity contribution in [2.75, 3.05) is 13.6 Å². The lowest BCUT2D eigenvalue weighted by atomic mass is 10.2. The normalized spacial score (nSPS) is 10.8. The summed E-state index contributed by atoms with van der Waals surface area (Å²) < 4.78 is 1.06. The predicted octanol–water partition coefficient (Wildman–Crippen LogP) is 1.81. The molecular weight excluding hydrogens is 294 g/mol. The summed E-state index contributed by atoms with van der Waals surface area (Å²) in [6.45, 7) is 0.784. The fourth-order valence-electron chi connectivity index (χ4n) is 1.46. The molecule has 0 aliphatic rings. The molecule has 1 aromatic heterocycles. The number of unbranched alkanes of at least 4 members (excludes halogenated alkanes) is 1. The SMILES string of the molecule is CN=C(NC#N)NCCCCc1ncccc1Br. The molecule has 0 aliphatic carbocycles. The number of pyridine rings is 1. The van der Waals surface area contributed by atoms with E-state index in [4.69, 9.17) is 5.26 Å². The first-order chi connectivity index (χ1) is 8.77. The van der Waals surface area contributed by atoms with E-state index in [1.54, 1.807) is 13.2 Å². The van der Waals surface area contributed by atoms with Gasteiger partial charge >= 0.3 is 0 Å². The molecule has 2 N–H and O–H groups in total. The first-order valence-corrected chi connectivity index (χ1v) is 6.52. The van der Waals surface area contributed by atoms with Crippen molar-refractivity contribution in [1.29, 1.82) is 5.26 Å². The molecule has 0 spiro atoms. The molecular formula is C12H16BrN5. The second-order valence-electron chi connectivity index (χ2n) is 3.62. The third kappa shape index (κ3) is 5.15. The van der Waals surface area contributed by atoms with E-state index in [0.717, 1.165) is 36.0 Å². The molecule has 0 radical (unpaired) electrons. The lowest BCUT2D eigenvalue weighted by Crippen LogP contribution is -2.34. The molecule has 0 saturated heterocycles. The highest BCUT2D eigenvalue weighted by molar-refractivity contribution is 9.10. The topological polar surface area (TPSA) is 73.1 Å². The van der Waals surface area contributed by atoms with Gasteiger partial charge in [-0.2, -0.15) is 5.26 Å². The Bertz CT molecular complexity index is 438. The van der Waals surface area contributed by atoms with Crippen LogP contribution in [0, 0.1) is 11.5 Å². The van der Waals surface area contributed by atoms with Gasteiger partial charge in [0.15, 0.2) is 6.19 Å². The molecule has 0 unspecified atom stereocenters. The number of nitrogens with zero attached hydrogens (tertiary/aromatic N) is 3. The summed E-state index contributed by atoms with van der Waals surface area (Å²) in [4.78, 5) is 8.21. The minimum Gasteiger partial charge on any atom is -0.356 e. The van der Waals surface area contributed by atoms with Gasteiger partial charge in [0, 0.05) is 24.3 Å². The number of nitrogens with one attached hydrogen (secondary N) is 2. The number of hydrogen-bond donors (Lipinski definition) is 2. The van der Waals surface area contributed by atoms with Gasteiger partial charge in [0.2, 0.25) is 5.96 Å². The second-order valence-corrected chi connectivity index (χ2v) is 4.48. The molecule has 18 heavy (non-hydrogen) atoms. The smallest absolute Gasteiger partial charge is 0.204 e. The highest BCUT2D eigenvalue weighted by Gasteiger charge is 2.00. The minimum atomic E-state index is 0.511. The Labute approximate surface area is 115 Å². The molecule has 0 saturated carbocycles. The van der Waals surface area contributed by atoms with Gasteiger partial charge in [0.05, 0.1) is 5.69 Å². The van der Waals surface area contributed by atoms with Crippen LogP contribution in [0.4, 0.5) is 0 Å². The number of aromatic nitrogens is 1. The van der Waals surface area contributed by atoms with Crippen LogP contribution in [0.15, 0.2) is 27.8 Å². The number of aryl methyl sites for hydroxylation is 1. The van der Waals surface area contributed by atoms with Crippen LogP contribution in [-0.2, 0) is 6.42 Å². The van der Waals surface area contributed by atoms with E-state index < -0.39 is 0 Å². The molecule has 0 atom stereocenters. The summed E-state index contributed by atoms with van der Waals surface area (Å²) in [5, 5.41) is 14.0. The average Bonchev–Trinajstić information content (AvgIpc) is 2.39. The van der Waals surface area contributed by atoms with Gasteiger partial charge in [-0.25, -0.2) is 0 Å². The first-order valence-electron chi connectivity index (χ1n) is 5.73. The van der Waals surface area contributed by atoms with E-state index in [0.29, 0.717) is 5.96 Å². The number of nitriles is 1. The highest BCUT2D eigenvalue weighted by atomic mass is 79.9. The summed E-state index contributed by atoms with van der Waals surface area (Å²) in [5.41, 5.74) is 1.08. The van der Waals surface area contributed by atoms with E-state index >= 15 is 0 Å². The monoisotopic (exact) mass is 309 g/mol. The van der Waals surface area contributed by atoms with Gasteiger partial charge in [0.1, 0.15) is 0 Å². The Kier molecular flexibility index (Phi) is 6.81. The molecule has 1 aromatic rings. The van der Waals surface area contributed by atoms with Crippen molar-refractivity contribution >= 4 is 21.9 Å². The molecule has 1 heterocycles. The summed E-state index contributed by atoms with van der Waals surface area (Å²) in [5.74, 6) is 0.511. The molecule has 6 heteroatoms. The summed E-state index contributed by atoms with van der Waals surface area (Å²) in [6.07, 6.45) is 6.60. The quantitative estimate of drug-likeness (QED) is 0.286. The van der Waals surface area contributed by atoms with Crippen LogP contribution in [0.1, 0.15) is 18.5 Å². The number of halogens is 1. The maximum Gasteiger partial charge on any atom is 0.204 e. The molecule has 96 valence electrons. The Morgan fingerprint density at radius 3 is 3.06 bits per heavy atom. The number of guanidine groups is 1. The Morgan fingerprint density at radius 2 is 2.39 bits per heavy atom. The third-order valence-electron chi connectivity index (χ3n) is 2.37. The van der Waals surface area contributed by atoms with Gasteiger partial charge < -0.3 is 5.32 Å². The van der Waals surface area contributed by atoms with Gasteiger partial charge in [0.25, 0.3) is 0 Å². The van der Waals surface area contributed by atoms with Crippen molar-refractivity contribution in [1.82, 2.24) is 15.6 Å². The van der Waals surface area contributed by atoms with E-state index in [1.807, 2.05) is 18.3 Å². The molecule has 0 aromatic carbocycles. The molecule has 5 nitrogen and oxygen atoms in total. The van der Waals surface area contributed by atoms with E-state index in [9.17, 15) is 0 Å². The number of aliphatic imine (C=N–C) groups is 1. The lowest BCUT2D eigenvalue weighted by Gasteiger charge is -2.07. The largest absolute Gasteiger partial charge is 0.356 e. The van der Waals surface area contributed by atoms with Crippen LogP contribution in [0.2, 0.25) is 0 Å². The minimum absolute atomic E-state index is 0.511. The van der Waals surface area contributed by atoms with Crippen molar-refractivity contribution in [2.24, 2.45) is 4.99 Å². The summed E-state index contributed by atoms with van der Waals surface area (Å²) in [6, 6.07) is 3.91. The zero-order valence-corrected chi connectivity index (χ0v) is 11.9. The standard InChI is InChI=1S/C12H16BrN5/c1-15-12(18-9-14)17-7-3-2-6-11-10(13)5-4-8-16-11/h4-5,8H,2-3,6-7H2,1H3,(H2,15,17,18). The number of rotatable bonds is 5. The van der Waals surface area contributed by atoms with Crippen molar-refractivity contribution < 1.29 is 0 Å². The van der Waals surface area contributed by atoms with E-state index in [1.165, 1.54) is 0 Å². The van der Waals surface area contributed by atoms with Crippen LogP contribution >= 0.6 is 15.9 Å². The molecule has 0 amide bonds. The highest BCUT2D eigenvalue weighted by Crippen LogP contribution is 2.15. The van der Waals surface area contributed by atoms with Crippen LogP contribution < -0.4 is 10.6 Å². The van der Waals surface area contributed by atoms with Crippen LogP contribution in [0.25, 0.3) is 0 Å². The predicted molar refractivity (Wildman–Crippen MR) is 75.0 cm³/mol. The summed E-state index contributed by atoms with van der Waals surface area (Å²) in [7, 11) is 1.64. The van der Waals surface area contributed by atoms with Crippen LogP contribution in [0.3, 0.4) is 0 Å². The molecule has 0 fully saturated rings. The van der Waals surface area contributed by atoms with Gasteiger partial charge in [-0.05, 0) is 47.3 Å². The Morgan fingerprint density at radius 1 is 1.56 bits per heavy atom. The van der Waals surface area contributed by atoms with Crippen molar-refractivity contribution in [3.8, 4) is 6.19 Å². The number of hydrogen-bond acceptors (Lipinski definition) is 3. The fourth-order valence-corrected chi connectivity index (χ4v) is 1.91. The van der Waals surface area contributed by atoms with Gasteiger partial charge in [-0.15, -0.1) is 0 Å². The Balaban J connectivity index is 2.20. The lowest BCUT2D eigenvalue weighted by molar-refractivity contribution is 0.693. The first kappa shape index (κ1) is 14.5. The molecule has 1 rings (SSSR count). The van der Waals surface area contributed by atoms with E-state index in [-0.39, 0.29) is 0 Å². The van der Waals surface area contributed by atoms with E-state index in [2.05, 4.69) is 36.5 Å². The van der Waals surface area contributed by atoms with Crippen molar-refractivity contribution in [3.63, 3.8) is 0 Å². The van der Waals surface area contributed by atoms with Crippen LogP contribution in [0.5, 0.6) is 0 Å². The maximum atomic E-state index is 8.45. The zero-order valence-electron chi connectivity index (χ0n) is 10.3. The van der Waals surface area contributed by atoms with Crippen molar-refractivity contribution in [3.05, 3.63) is 28.5 Å². The van der Waals surface area contributed by atoms with Gasteiger partial charge in [-0.3, -0.25) is 15.3 Å². The van der Waals surface area contributed by atoms with Crippen molar-refractivity contribution in [2.45, 2.75) is 19.3 Å². The van der Waals surface area contributed by atoms with Crippen LogP contribution in [-0.4, -0.2) is 24.5 Å². The fraction of sp³-hybridized carbons (Fsp3) is 0.417. The molecule has 0 aliphatic heterocycles. The zero-order chi connectivity index (χ0) is 13.2. The maximum absolute atomic E-state index is 8.45.